The molecule has 0 unspecified atom stereocenters. The Morgan fingerprint density at radius 2 is 1.83 bits per heavy atom. The molecule has 0 bridgehead atoms. The Morgan fingerprint density at radius 3 is 2.48 bits per heavy atom. The summed E-state index contributed by atoms with van der Waals surface area (Å²) in [6, 6.07) is 8.05. The van der Waals surface area contributed by atoms with Gasteiger partial charge in [-0.25, -0.2) is 9.97 Å². The molecule has 0 aliphatic carbocycles. The minimum atomic E-state index is -0.578. The number of benzene rings is 1. The monoisotopic (exact) mass is 433 g/mol. The van der Waals surface area contributed by atoms with Crippen molar-refractivity contribution in [1.29, 1.82) is 0 Å². The maximum Gasteiger partial charge on any atom is 0.253 e. The van der Waals surface area contributed by atoms with Crippen LogP contribution in [0.15, 0.2) is 42.7 Å². The van der Waals surface area contributed by atoms with E-state index in [0.717, 1.165) is 5.75 Å². The second-order valence-corrected chi connectivity index (χ2v) is 8.04. The van der Waals surface area contributed by atoms with E-state index < -0.39 is 6.04 Å². The van der Waals surface area contributed by atoms with Crippen molar-refractivity contribution in [3.8, 4) is 0 Å². The summed E-state index contributed by atoms with van der Waals surface area (Å²) in [6.45, 7) is 2.44. The average Bonchev–Trinajstić information content (AvgIpc) is 2.77. The highest BCUT2D eigenvalue weighted by Crippen LogP contribution is 2.16. The van der Waals surface area contributed by atoms with Crippen molar-refractivity contribution in [2.24, 2.45) is 0 Å². The van der Waals surface area contributed by atoms with Crippen LogP contribution >= 0.6 is 23.4 Å². The molecule has 0 radical (unpaired) electrons. The Bertz CT molecular complexity index is 831. The van der Waals surface area contributed by atoms with Gasteiger partial charge in [-0.3, -0.25) is 9.59 Å². The minimum absolute atomic E-state index is 0.0620. The van der Waals surface area contributed by atoms with E-state index in [4.69, 9.17) is 11.6 Å². The number of carbonyl (C=O) groups excluding carboxylic acids is 2. The van der Waals surface area contributed by atoms with Crippen molar-refractivity contribution in [1.82, 2.24) is 20.2 Å². The molecule has 7 nitrogen and oxygen atoms in total. The van der Waals surface area contributed by atoms with Crippen LogP contribution in [0.25, 0.3) is 0 Å². The van der Waals surface area contributed by atoms with Crippen molar-refractivity contribution in [2.45, 2.75) is 12.5 Å². The van der Waals surface area contributed by atoms with Gasteiger partial charge in [0.2, 0.25) is 11.9 Å². The van der Waals surface area contributed by atoms with Crippen LogP contribution in [0.3, 0.4) is 0 Å². The summed E-state index contributed by atoms with van der Waals surface area (Å²) in [5, 5.41) is 3.26. The van der Waals surface area contributed by atoms with Gasteiger partial charge in [-0.05, 0) is 36.6 Å². The van der Waals surface area contributed by atoms with Crippen molar-refractivity contribution in [3.05, 3.63) is 53.3 Å². The molecule has 1 aromatic carbocycles. The van der Waals surface area contributed by atoms with Gasteiger partial charge in [0.1, 0.15) is 6.04 Å². The van der Waals surface area contributed by atoms with Crippen molar-refractivity contribution in [3.63, 3.8) is 0 Å². The van der Waals surface area contributed by atoms with Crippen LogP contribution in [0.4, 0.5) is 5.95 Å². The predicted octanol–water partition coefficient (Wildman–Crippen LogP) is 2.33. The summed E-state index contributed by atoms with van der Waals surface area (Å²) in [5.41, 5.74) is 0.377. The zero-order valence-corrected chi connectivity index (χ0v) is 17.8. The highest BCUT2D eigenvalue weighted by molar-refractivity contribution is 7.98. The maximum absolute atomic E-state index is 13.1. The zero-order valence-electron chi connectivity index (χ0n) is 16.3. The molecule has 3 rings (SSSR count). The van der Waals surface area contributed by atoms with Crippen molar-refractivity contribution >= 4 is 41.1 Å². The molecule has 1 aliphatic rings. The number of amides is 2. The van der Waals surface area contributed by atoms with Crippen LogP contribution in [0.2, 0.25) is 5.02 Å². The van der Waals surface area contributed by atoms with Crippen LogP contribution in [0, 0.1) is 0 Å². The first-order chi connectivity index (χ1) is 14.1. The Labute approximate surface area is 179 Å². The number of rotatable bonds is 7. The fraction of sp³-hybridized carbons (Fsp3) is 0.400. The SMILES string of the molecule is CSCC[C@@H](NC(=O)c1ccccc1Cl)C(=O)N1CCN(c2ncccn2)CC1. The third kappa shape index (κ3) is 5.61. The Morgan fingerprint density at radius 1 is 1.14 bits per heavy atom. The molecule has 0 spiro atoms. The average molecular weight is 434 g/mol. The van der Waals surface area contributed by atoms with Crippen LogP contribution < -0.4 is 10.2 Å². The second kappa shape index (κ2) is 10.5. The highest BCUT2D eigenvalue weighted by atomic mass is 35.5. The van der Waals surface area contributed by atoms with Crippen LogP contribution in [0.5, 0.6) is 0 Å². The number of aromatic nitrogens is 2. The van der Waals surface area contributed by atoms with E-state index in [1.807, 2.05) is 6.26 Å². The van der Waals surface area contributed by atoms with Crippen molar-refractivity contribution in [2.75, 3.05) is 43.1 Å². The molecule has 1 N–H and O–H groups in total. The fourth-order valence-electron chi connectivity index (χ4n) is 3.18. The summed E-state index contributed by atoms with van der Waals surface area (Å²) in [7, 11) is 0. The van der Waals surface area contributed by atoms with Crippen LogP contribution in [-0.4, -0.2) is 70.9 Å². The molecule has 1 aromatic heterocycles. The first-order valence-electron chi connectivity index (χ1n) is 9.45. The van der Waals surface area contributed by atoms with Gasteiger partial charge in [0.15, 0.2) is 0 Å². The molecular formula is C20H24ClN5O2S. The number of halogens is 1. The lowest BCUT2D eigenvalue weighted by Crippen LogP contribution is -2.55. The summed E-state index contributed by atoms with van der Waals surface area (Å²) in [5.74, 6) is 1.06. The molecule has 154 valence electrons. The van der Waals surface area contributed by atoms with Gasteiger partial charge in [-0.2, -0.15) is 11.8 Å². The molecule has 1 fully saturated rings. The molecule has 2 aromatic rings. The Kier molecular flexibility index (Phi) is 7.71. The molecule has 9 heteroatoms. The van der Waals surface area contributed by atoms with Gasteiger partial charge in [0.05, 0.1) is 10.6 Å². The zero-order chi connectivity index (χ0) is 20.6. The van der Waals surface area contributed by atoms with E-state index in [2.05, 4.69) is 20.2 Å². The molecule has 1 atom stereocenters. The van der Waals surface area contributed by atoms with Gasteiger partial charge in [0, 0.05) is 38.6 Å². The lowest BCUT2D eigenvalue weighted by molar-refractivity contribution is -0.133. The number of anilines is 1. The van der Waals surface area contributed by atoms with Gasteiger partial charge in [-0.1, -0.05) is 23.7 Å². The molecule has 2 heterocycles. The molecule has 0 saturated carbocycles. The summed E-state index contributed by atoms with van der Waals surface area (Å²) in [6.07, 6.45) is 5.97. The van der Waals surface area contributed by atoms with Crippen molar-refractivity contribution < 1.29 is 9.59 Å². The highest BCUT2D eigenvalue weighted by Gasteiger charge is 2.29. The maximum atomic E-state index is 13.1. The lowest BCUT2D eigenvalue weighted by atomic mass is 10.1. The summed E-state index contributed by atoms with van der Waals surface area (Å²) >= 11 is 7.78. The minimum Gasteiger partial charge on any atom is -0.340 e. The van der Waals surface area contributed by atoms with Gasteiger partial charge in [-0.15, -0.1) is 0 Å². The summed E-state index contributed by atoms with van der Waals surface area (Å²) in [4.78, 5) is 38.2. The van der Waals surface area contributed by atoms with Crippen LogP contribution in [0.1, 0.15) is 16.8 Å². The lowest BCUT2D eigenvalue weighted by Gasteiger charge is -2.36. The van der Waals surface area contributed by atoms with Gasteiger partial charge < -0.3 is 15.1 Å². The molecule has 1 aliphatic heterocycles. The Balaban J connectivity index is 1.63. The number of nitrogens with one attached hydrogen (secondary N) is 1. The topological polar surface area (TPSA) is 78.4 Å². The first kappa shape index (κ1) is 21.4. The fourth-order valence-corrected chi connectivity index (χ4v) is 3.87. The molecular weight excluding hydrogens is 410 g/mol. The van der Waals surface area contributed by atoms with Gasteiger partial charge >= 0.3 is 0 Å². The number of hydrogen-bond donors (Lipinski definition) is 1. The van der Waals surface area contributed by atoms with E-state index in [0.29, 0.717) is 49.1 Å². The van der Waals surface area contributed by atoms with Crippen LogP contribution in [-0.2, 0) is 4.79 Å². The number of thioether (sulfide) groups is 1. The quantitative estimate of drug-likeness (QED) is 0.722. The Hall–Kier alpha value is -2.32. The number of hydrogen-bond acceptors (Lipinski definition) is 6. The molecule has 2 amide bonds. The third-order valence-corrected chi connectivity index (χ3v) is 5.73. The smallest absolute Gasteiger partial charge is 0.253 e. The second-order valence-electron chi connectivity index (χ2n) is 6.65. The number of piperazine rings is 1. The van der Waals surface area contributed by atoms with E-state index in [-0.39, 0.29) is 11.8 Å². The standard InChI is InChI=1S/C20H24ClN5O2S/c1-29-14-7-17(24-18(27)15-5-2-3-6-16(15)21)19(28)25-10-12-26(13-11-25)20-22-8-4-9-23-20/h2-6,8-9,17H,7,10-14H2,1H3,(H,24,27)/t17-/m1/s1. The van der Waals surface area contributed by atoms with E-state index >= 15 is 0 Å². The molecule has 29 heavy (non-hydrogen) atoms. The van der Waals surface area contributed by atoms with E-state index in [1.165, 1.54) is 0 Å². The largest absolute Gasteiger partial charge is 0.340 e. The molecule has 1 saturated heterocycles. The summed E-state index contributed by atoms with van der Waals surface area (Å²) < 4.78 is 0. The normalized spacial score (nSPS) is 15.1. The third-order valence-electron chi connectivity index (χ3n) is 4.76. The number of nitrogens with zero attached hydrogens (tertiary/aromatic N) is 4. The number of carbonyl (C=O) groups is 2. The first-order valence-corrected chi connectivity index (χ1v) is 11.2. The predicted molar refractivity (Wildman–Crippen MR) is 117 cm³/mol. The van der Waals surface area contributed by atoms with E-state index in [1.54, 1.807) is 59.4 Å². The van der Waals surface area contributed by atoms with E-state index in [9.17, 15) is 9.59 Å². The van der Waals surface area contributed by atoms with Gasteiger partial charge in [0.25, 0.3) is 5.91 Å².